The van der Waals surface area contributed by atoms with Crippen molar-refractivity contribution in [3.63, 3.8) is 0 Å². The summed E-state index contributed by atoms with van der Waals surface area (Å²) < 4.78 is 0. The molecular weight excluding hydrogens is 288 g/mol. The molecule has 0 radical (unpaired) electrons. The van der Waals surface area contributed by atoms with E-state index in [1.54, 1.807) is 12.1 Å². The van der Waals surface area contributed by atoms with Crippen LogP contribution in [-0.2, 0) is 0 Å². The molecule has 0 saturated heterocycles. The van der Waals surface area contributed by atoms with Gasteiger partial charge in [0, 0.05) is 11.7 Å². The van der Waals surface area contributed by atoms with Crippen LogP contribution in [0.2, 0.25) is 0 Å². The van der Waals surface area contributed by atoms with Crippen LogP contribution in [0.25, 0.3) is 0 Å². The molecule has 3 rings (SSSR count). The number of nitrogens with two attached hydrogens (primary N) is 1. The minimum Gasteiger partial charge on any atom is -0.399 e. The number of benzene rings is 1. The lowest BCUT2D eigenvalue weighted by Crippen LogP contribution is -2.51. The van der Waals surface area contributed by atoms with Gasteiger partial charge in [-0.1, -0.05) is 32.9 Å². The number of anilines is 1. The van der Waals surface area contributed by atoms with Crippen LogP contribution in [-0.4, -0.2) is 28.9 Å². The van der Waals surface area contributed by atoms with Crippen LogP contribution in [0.15, 0.2) is 24.3 Å². The summed E-state index contributed by atoms with van der Waals surface area (Å²) in [6.45, 7) is 7.03. The molecule has 5 N–H and O–H groups in total. The molecule has 5 unspecified atom stereocenters. The molecule has 2 aliphatic rings. The van der Waals surface area contributed by atoms with Gasteiger partial charge in [0.2, 0.25) is 0 Å². The van der Waals surface area contributed by atoms with E-state index in [0.717, 1.165) is 17.9 Å². The molecular formula is C19H30N2O2. The van der Waals surface area contributed by atoms with Crippen LogP contribution in [0.5, 0.6) is 0 Å². The Labute approximate surface area is 139 Å². The summed E-state index contributed by atoms with van der Waals surface area (Å²) in [6.07, 6.45) is 2.92. The zero-order valence-corrected chi connectivity index (χ0v) is 14.4. The molecule has 2 bridgehead atoms. The zero-order valence-electron chi connectivity index (χ0n) is 14.4. The van der Waals surface area contributed by atoms with Crippen molar-refractivity contribution in [2.24, 2.45) is 16.7 Å². The first-order valence-electron chi connectivity index (χ1n) is 8.70. The number of fused-ring (bicyclic) bond motifs is 2. The third kappa shape index (κ3) is 2.57. The Balaban J connectivity index is 1.74. The summed E-state index contributed by atoms with van der Waals surface area (Å²) >= 11 is 0. The topological polar surface area (TPSA) is 78.5 Å². The second-order valence-electron chi connectivity index (χ2n) is 8.23. The van der Waals surface area contributed by atoms with Gasteiger partial charge in [-0.25, -0.2) is 0 Å². The highest BCUT2D eigenvalue weighted by Gasteiger charge is 2.61. The van der Waals surface area contributed by atoms with E-state index in [0.29, 0.717) is 17.1 Å². The van der Waals surface area contributed by atoms with E-state index in [1.165, 1.54) is 12.8 Å². The molecule has 128 valence electrons. The molecule has 4 heteroatoms. The Morgan fingerprint density at radius 3 is 2.39 bits per heavy atom. The second kappa shape index (κ2) is 5.76. The molecule has 23 heavy (non-hydrogen) atoms. The van der Waals surface area contributed by atoms with Gasteiger partial charge in [-0.15, -0.1) is 0 Å². The van der Waals surface area contributed by atoms with Crippen molar-refractivity contribution in [3.8, 4) is 0 Å². The van der Waals surface area contributed by atoms with Gasteiger partial charge < -0.3 is 21.3 Å². The number of rotatable bonds is 5. The molecule has 2 aliphatic carbocycles. The fourth-order valence-electron chi connectivity index (χ4n) is 4.88. The average Bonchev–Trinajstić information content (AvgIpc) is 2.85. The van der Waals surface area contributed by atoms with Crippen molar-refractivity contribution < 1.29 is 10.2 Å². The van der Waals surface area contributed by atoms with Crippen LogP contribution in [0.4, 0.5) is 5.69 Å². The number of hydrogen-bond acceptors (Lipinski definition) is 4. The minimum absolute atomic E-state index is 0.0801. The van der Waals surface area contributed by atoms with E-state index in [4.69, 9.17) is 5.73 Å². The van der Waals surface area contributed by atoms with Crippen molar-refractivity contribution in [1.29, 1.82) is 0 Å². The first-order chi connectivity index (χ1) is 10.8. The molecule has 0 spiro atoms. The quantitative estimate of drug-likeness (QED) is 0.629. The van der Waals surface area contributed by atoms with Gasteiger partial charge in [-0.05, 0) is 53.7 Å². The molecule has 0 heterocycles. The summed E-state index contributed by atoms with van der Waals surface area (Å²) in [7, 11) is 0. The Bertz CT molecular complexity index is 557. The first-order valence-corrected chi connectivity index (χ1v) is 8.70. The Kier molecular flexibility index (Phi) is 4.20. The largest absolute Gasteiger partial charge is 0.399 e. The summed E-state index contributed by atoms with van der Waals surface area (Å²) in [5, 5.41) is 24.0. The third-order valence-corrected chi connectivity index (χ3v) is 7.07. The summed E-state index contributed by atoms with van der Waals surface area (Å²) in [6, 6.07) is 7.23. The molecule has 2 fully saturated rings. The Morgan fingerprint density at radius 1 is 1.26 bits per heavy atom. The SMILES string of the molecule is CC1(C)C2CCC1(C)C(NC(CO)C(O)c1ccc(N)cc1)C2. The molecule has 1 aromatic carbocycles. The number of aliphatic hydroxyl groups is 2. The molecule has 4 nitrogen and oxygen atoms in total. The fraction of sp³-hybridized carbons (Fsp3) is 0.684. The summed E-state index contributed by atoms with van der Waals surface area (Å²) in [5.41, 5.74) is 7.72. The molecule has 0 amide bonds. The van der Waals surface area contributed by atoms with E-state index >= 15 is 0 Å². The summed E-state index contributed by atoms with van der Waals surface area (Å²) in [4.78, 5) is 0. The van der Waals surface area contributed by atoms with Crippen LogP contribution >= 0.6 is 0 Å². The predicted octanol–water partition coefficient (Wildman–Crippen LogP) is 2.47. The van der Waals surface area contributed by atoms with Crippen LogP contribution in [0, 0.1) is 16.7 Å². The number of hydrogen-bond donors (Lipinski definition) is 4. The average molecular weight is 318 g/mol. The van der Waals surface area contributed by atoms with Crippen LogP contribution in [0.1, 0.15) is 51.7 Å². The molecule has 0 aliphatic heterocycles. The van der Waals surface area contributed by atoms with Gasteiger partial charge in [-0.2, -0.15) is 0 Å². The molecule has 0 aromatic heterocycles. The van der Waals surface area contributed by atoms with Crippen LogP contribution in [0.3, 0.4) is 0 Å². The van der Waals surface area contributed by atoms with Crippen LogP contribution < -0.4 is 11.1 Å². The lowest BCUT2D eigenvalue weighted by atomic mass is 9.69. The monoisotopic (exact) mass is 318 g/mol. The standard InChI is InChI=1S/C19H30N2O2/c1-18(2)13-8-9-19(18,3)16(10-13)21-15(11-22)17(23)12-4-6-14(20)7-5-12/h4-7,13,15-17,21-23H,8-11,20H2,1-3H3. The maximum atomic E-state index is 10.7. The van der Waals surface area contributed by atoms with Gasteiger partial charge in [0.25, 0.3) is 0 Å². The lowest BCUT2D eigenvalue weighted by molar-refractivity contribution is 0.0548. The first kappa shape index (κ1) is 16.7. The van der Waals surface area contributed by atoms with E-state index in [9.17, 15) is 10.2 Å². The minimum atomic E-state index is -0.730. The Hall–Kier alpha value is -1.10. The number of nitrogens with one attached hydrogen (secondary N) is 1. The van der Waals surface area contributed by atoms with Gasteiger partial charge in [0.15, 0.2) is 0 Å². The molecule has 5 atom stereocenters. The van der Waals surface area contributed by atoms with Gasteiger partial charge >= 0.3 is 0 Å². The van der Waals surface area contributed by atoms with E-state index in [-0.39, 0.29) is 18.1 Å². The Morgan fingerprint density at radius 2 is 1.91 bits per heavy atom. The third-order valence-electron chi connectivity index (χ3n) is 7.07. The maximum absolute atomic E-state index is 10.7. The van der Waals surface area contributed by atoms with Gasteiger partial charge in [-0.3, -0.25) is 0 Å². The maximum Gasteiger partial charge on any atom is 0.0965 e. The highest BCUT2D eigenvalue weighted by Crippen LogP contribution is 2.65. The van der Waals surface area contributed by atoms with Crippen molar-refractivity contribution in [1.82, 2.24) is 5.32 Å². The lowest BCUT2D eigenvalue weighted by Gasteiger charge is -2.41. The second-order valence-corrected chi connectivity index (χ2v) is 8.23. The predicted molar refractivity (Wildman–Crippen MR) is 92.8 cm³/mol. The zero-order chi connectivity index (χ0) is 16.8. The number of aliphatic hydroxyl groups excluding tert-OH is 2. The van der Waals surface area contributed by atoms with Crippen molar-refractivity contribution in [3.05, 3.63) is 29.8 Å². The van der Waals surface area contributed by atoms with Crippen molar-refractivity contribution >= 4 is 5.69 Å². The van der Waals surface area contributed by atoms with E-state index in [1.807, 2.05) is 12.1 Å². The van der Waals surface area contributed by atoms with Crippen molar-refractivity contribution in [2.75, 3.05) is 12.3 Å². The van der Waals surface area contributed by atoms with Crippen molar-refractivity contribution in [2.45, 2.75) is 58.2 Å². The van der Waals surface area contributed by atoms with Gasteiger partial charge in [0.05, 0.1) is 18.8 Å². The van der Waals surface area contributed by atoms with E-state index < -0.39 is 6.10 Å². The van der Waals surface area contributed by atoms with Gasteiger partial charge in [0.1, 0.15) is 0 Å². The molecule has 1 aromatic rings. The summed E-state index contributed by atoms with van der Waals surface area (Å²) in [5.74, 6) is 0.734. The molecule has 2 saturated carbocycles. The highest BCUT2D eigenvalue weighted by atomic mass is 16.3. The highest BCUT2D eigenvalue weighted by molar-refractivity contribution is 5.40. The smallest absolute Gasteiger partial charge is 0.0965 e. The number of nitrogen functional groups attached to an aromatic ring is 1. The normalized spacial score (nSPS) is 34.5. The fourth-order valence-corrected chi connectivity index (χ4v) is 4.88. The van der Waals surface area contributed by atoms with E-state index in [2.05, 4.69) is 26.1 Å².